The lowest BCUT2D eigenvalue weighted by atomic mass is 10.3. The molecule has 15 heavy (non-hydrogen) atoms. The number of rotatable bonds is 5. The maximum absolute atomic E-state index is 11.5. The number of halogens is 1. The van der Waals surface area contributed by atoms with E-state index in [4.69, 9.17) is 10.5 Å². The molecule has 0 bridgehead atoms. The average Bonchev–Trinajstić information content (AvgIpc) is 2.54. The third kappa shape index (κ3) is 5.67. The van der Waals surface area contributed by atoms with Crippen LogP contribution in [0.2, 0.25) is 0 Å². The molecular formula is C8H19ClN2O3S. The molecule has 0 amide bonds. The van der Waals surface area contributed by atoms with Gasteiger partial charge in [0.05, 0.1) is 11.9 Å². The number of hydrogen-bond donors (Lipinski definition) is 2. The molecule has 1 saturated heterocycles. The molecule has 1 aliphatic heterocycles. The monoisotopic (exact) mass is 258 g/mol. The fourth-order valence-electron chi connectivity index (χ4n) is 1.42. The number of ether oxygens (including phenoxy) is 1. The van der Waals surface area contributed by atoms with E-state index in [1.807, 2.05) is 0 Å². The van der Waals surface area contributed by atoms with Crippen molar-refractivity contribution in [1.82, 2.24) is 4.72 Å². The standard InChI is InChI=1S/C8H18N2O3S.ClH/c1-7(5-9)10-14(11,12)6-8-3-2-4-13-8;/h7-8,10H,2-6,9H2,1H3;1H/t7-,8?;/m0./s1. The first-order chi connectivity index (χ1) is 6.53. The number of hydrogen-bond acceptors (Lipinski definition) is 4. The van der Waals surface area contributed by atoms with Crippen LogP contribution in [-0.2, 0) is 14.8 Å². The van der Waals surface area contributed by atoms with Crippen molar-refractivity contribution in [3.63, 3.8) is 0 Å². The molecule has 0 aromatic heterocycles. The molecule has 0 spiro atoms. The van der Waals surface area contributed by atoms with E-state index in [1.165, 1.54) is 0 Å². The van der Waals surface area contributed by atoms with Gasteiger partial charge in [0.15, 0.2) is 0 Å². The van der Waals surface area contributed by atoms with E-state index in [0.29, 0.717) is 13.2 Å². The van der Waals surface area contributed by atoms with Crippen molar-refractivity contribution in [2.24, 2.45) is 5.73 Å². The van der Waals surface area contributed by atoms with Crippen molar-refractivity contribution in [1.29, 1.82) is 0 Å². The Morgan fingerprint density at radius 2 is 2.27 bits per heavy atom. The Bertz CT molecular complexity index is 265. The molecule has 0 radical (unpaired) electrons. The molecule has 0 aromatic carbocycles. The van der Waals surface area contributed by atoms with Crippen molar-refractivity contribution in [2.75, 3.05) is 18.9 Å². The Kier molecular flexibility index (Phi) is 6.70. The number of sulfonamides is 1. The Hall–Kier alpha value is 0.120. The SMILES string of the molecule is C[C@@H](CN)NS(=O)(=O)CC1CCCO1.Cl. The quantitative estimate of drug-likeness (QED) is 0.719. The Morgan fingerprint density at radius 1 is 1.60 bits per heavy atom. The summed E-state index contributed by atoms with van der Waals surface area (Å²) >= 11 is 0. The van der Waals surface area contributed by atoms with Crippen molar-refractivity contribution in [3.05, 3.63) is 0 Å². The third-order valence-corrected chi connectivity index (χ3v) is 3.74. The summed E-state index contributed by atoms with van der Waals surface area (Å²) in [6, 6.07) is -0.207. The van der Waals surface area contributed by atoms with Crippen LogP contribution in [0.25, 0.3) is 0 Å². The predicted octanol–water partition coefficient (Wildman–Crippen LogP) is -0.146. The summed E-state index contributed by atoms with van der Waals surface area (Å²) in [5.41, 5.74) is 5.33. The highest BCUT2D eigenvalue weighted by Gasteiger charge is 2.23. The summed E-state index contributed by atoms with van der Waals surface area (Å²) < 4.78 is 30.8. The van der Waals surface area contributed by atoms with Gasteiger partial charge in [-0.05, 0) is 19.8 Å². The van der Waals surface area contributed by atoms with E-state index < -0.39 is 10.0 Å². The van der Waals surface area contributed by atoms with Gasteiger partial charge in [-0.25, -0.2) is 13.1 Å². The maximum atomic E-state index is 11.5. The molecule has 1 aliphatic rings. The minimum Gasteiger partial charge on any atom is -0.377 e. The molecule has 92 valence electrons. The second-order valence-corrected chi connectivity index (χ2v) is 5.47. The summed E-state index contributed by atoms with van der Waals surface area (Å²) in [6.07, 6.45) is 1.64. The van der Waals surface area contributed by atoms with Gasteiger partial charge in [0.25, 0.3) is 0 Å². The van der Waals surface area contributed by atoms with Crippen LogP contribution < -0.4 is 10.5 Å². The molecule has 1 heterocycles. The van der Waals surface area contributed by atoms with Gasteiger partial charge in [-0.2, -0.15) is 0 Å². The van der Waals surface area contributed by atoms with Gasteiger partial charge >= 0.3 is 0 Å². The average molecular weight is 259 g/mol. The summed E-state index contributed by atoms with van der Waals surface area (Å²) in [7, 11) is -3.23. The normalized spacial score (nSPS) is 23.5. The molecular weight excluding hydrogens is 240 g/mol. The van der Waals surface area contributed by atoms with Crippen molar-refractivity contribution in [3.8, 4) is 0 Å². The number of nitrogens with one attached hydrogen (secondary N) is 1. The molecule has 3 N–H and O–H groups in total. The molecule has 0 saturated carbocycles. The lowest BCUT2D eigenvalue weighted by Gasteiger charge is -2.14. The van der Waals surface area contributed by atoms with E-state index in [1.54, 1.807) is 6.92 Å². The van der Waals surface area contributed by atoms with E-state index >= 15 is 0 Å². The van der Waals surface area contributed by atoms with E-state index in [9.17, 15) is 8.42 Å². The smallest absolute Gasteiger partial charge is 0.214 e. The highest BCUT2D eigenvalue weighted by molar-refractivity contribution is 7.89. The van der Waals surface area contributed by atoms with Gasteiger partial charge in [-0.15, -0.1) is 12.4 Å². The summed E-state index contributed by atoms with van der Waals surface area (Å²) in [4.78, 5) is 0. The summed E-state index contributed by atoms with van der Waals surface area (Å²) in [6.45, 7) is 2.73. The predicted molar refractivity (Wildman–Crippen MR) is 61.7 cm³/mol. The fraction of sp³-hybridized carbons (Fsp3) is 1.00. The molecule has 1 unspecified atom stereocenters. The van der Waals surface area contributed by atoms with Crippen LogP contribution in [0.3, 0.4) is 0 Å². The third-order valence-electron chi connectivity index (χ3n) is 2.16. The second kappa shape index (κ2) is 6.65. The van der Waals surface area contributed by atoms with E-state index in [0.717, 1.165) is 12.8 Å². The van der Waals surface area contributed by atoms with Gasteiger partial charge in [0.1, 0.15) is 0 Å². The highest BCUT2D eigenvalue weighted by atomic mass is 35.5. The Balaban J connectivity index is 0.00000196. The molecule has 1 fully saturated rings. The van der Waals surface area contributed by atoms with Crippen molar-refractivity contribution in [2.45, 2.75) is 31.9 Å². The van der Waals surface area contributed by atoms with Crippen molar-refractivity contribution < 1.29 is 13.2 Å². The zero-order valence-electron chi connectivity index (χ0n) is 8.81. The van der Waals surface area contributed by atoms with Crippen LogP contribution in [0.5, 0.6) is 0 Å². The number of nitrogens with two attached hydrogens (primary N) is 1. The molecule has 0 aromatic rings. The van der Waals surface area contributed by atoms with Crippen LogP contribution in [0, 0.1) is 0 Å². The lowest BCUT2D eigenvalue weighted by molar-refractivity contribution is 0.127. The molecule has 0 aliphatic carbocycles. The van der Waals surface area contributed by atoms with Crippen molar-refractivity contribution >= 4 is 22.4 Å². The second-order valence-electron chi connectivity index (χ2n) is 3.67. The van der Waals surface area contributed by atoms with Crippen LogP contribution in [-0.4, -0.2) is 39.5 Å². The van der Waals surface area contributed by atoms with Gasteiger partial charge < -0.3 is 10.5 Å². The first-order valence-corrected chi connectivity index (χ1v) is 6.50. The molecule has 5 nitrogen and oxygen atoms in total. The molecule has 7 heteroatoms. The lowest BCUT2D eigenvalue weighted by Crippen LogP contribution is -2.41. The zero-order chi connectivity index (χ0) is 10.6. The minimum atomic E-state index is -3.23. The van der Waals surface area contributed by atoms with Gasteiger partial charge in [0.2, 0.25) is 10.0 Å². The summed E-state index contributed by atoms with van der Waals surface area (Å²) in [5.74, 6) is 0.0529. The van der Waals surface area contributed by atoms with Crippen LogP contribution in [0.4, 0.5) is 0 Å². The topological polar surface area (TPSA) is 81.4 Å². The van der Waals surface area contributed by atoms with Gasteiger partial charge in [-0.3, -0.25) is 0 Å². The van der Waals surface area contributed by atoms with Gasteiger partial charge in [0, 0.05) is 19.2 Å². The summed E-state index contributed by atoms with van der Waals surface area (Å²) in [5, 5.41) is 0. The Morgan fingerprint density at radius 3 is 2.73 bits per heavy atom. The van der Waals surface area contributed by atoms with Crippen LogP contribution in [0.15, 0.2) is 0 Å². The zero-order valence-corrected chi connectivity index (χ0v) is 10.4. The fourth-order valence-corrected chi connectivity index (χ4v) is 2.98. The first-order valence-electron chi connectivity index (χ1n) is 4.85. The molecule has 1 rings (SSSR count). The minimum absolute atomic E-state index is 0. The maximum Gasteiger partial charge on any atom is 0.214 e. The van der Waals surface area contributed by atoms with Gasteiger partial charge in [-0.1, -0.05) is 0 Å². The Labute approximate surface area is 97.2 Å². The highest BCUT2D eigenvalue weighted by Crippen LogP contribution is 2.13. The molecule has 2 atom stereocenters. The first kappa shape index (κ1) is 15.1. The van der Waals surface area contributed by atoms with E-state index in [-0.39, 0.29) is 30.3 Å². The van der Waals surface area contributed by atoms with Crippen LogP contribution >= 0.6 is 12.4 Å². The van der Waals surface area contributed by atoms with Crippen LogP contribution in [0.1, 0.15) is 19.8 Å². The van der Waals surface area contributed by atoms with E-state index in [2.05, 4.69) is 4.72 Å². The largest absolute Gasteiger partial charge is 0.377 e.